The number of unbranched alkanes of at least 4 members (excludes halogenated alkanes) is 1. The van der Waals surface area contributed by atoms with Crippen molar-refractivity contribution in [2.75, 3.05) is 31.3 Å². The Hall–Kier alpha value is -2.86. The second-order valence-electron chi connectivity index (χ2n) is 7.01. The van der Waals surface area contributed by atoms with Gasteiger partial charge < -0.3 is 19.7 Å². The van der Waals surface area contributed by atoms with Gasteiger partial charge in [0.05, 0.1) is 12.2 Å². The maximum Gasteiger partial charge on any atom is 0.265 e. The predicted molar refractivity (Wildman–Crippen MR) is 112 cm³/mol. The molecule has 0 unspecified atom stereocenters. The lowest BCUT2D eigenvalue weighted by Gasteiger charge is -2.29. The lowest BCUT2D eigenvalue weighted by Crippen LogP contribution is -2.38. The molecule has 0 aliphatic carbocycles. The first-order valence-electron chi connectivity index (χ1n) is 10.2. The Morgan fingerprint density at radius 3 is 2.66 bits per heavy atom. The van der Waals surface area contributed by atoms with Gasteiger partial charge in [-0.2, -0.15) is 0 Å². The highest BCUT2D eigenvalue weighted by molar-refractivity contribution is 5.98. The third-order valence-corrected chi connectivity index (χ3v) is 4.76. The van der Waals surface area contributed by atoms with Crippen molar-refractivity contribution in [1.29, 1.82) is 0 Å². The van der Waals surface area contributed by atoms with Crippen molar-refractivity contribution >= 4 is 17.5 Å². The molecule has 0 spiro atoms. The summed E-state index contributed by atoms with van der Waals surface area (Å²) in [6.45, 7) is 4.64. The Labute approximate surface area is 171 Å². The van der Waals surface area contributed by atoms with E-state index in [0.717, 1.165) is 37.1 Å². The number of nitrogens with one attached hydrogen (secondary N) is 1. The number of hydrogen-bond acceptors (Lipinski definition) is 4. The van der Waals surface area contributed by atoms with Crippen LogP contribution >= 0.6 is 0 Å². The van der Waals surface area contributed by atoms with Crippen molar-refractivity contribution in [1.82, 2.24) is 5.32 Å². The van der Waals surface area contributed by atoms with Crippen LogP contribution in [0.2, 0.25) is 0 Å². The van der Waals surface area contributed by atoms with Crippen molar-refractivity contribution in [2.45, 2.75) is 32.7 Å². The number of fused-ring (bicyclic) bond motifs is 1. The highest BCUT2D eigenvalue weighted by atomic mass is 16.5. The number of nitrogens with zero attached hydrogens (tertiary/aromatic N) is 1. The van der Waals surface area contributed by atoms with Gasteiger partial charge >= 0.3 is 0 Å². The lowest BCUT2D eigenvalue weighted by molar-refractivity contribution is -0.121. The number of rotatable bonds is 10. The van der Waals surface area contributed by atoms with Crippen LogP contribution in [-0.4, -0.2) is 38.2 Å². The van der Waals surface area contributed by atoms with E-state index in [4.69, 9.17) is 9.47 Å². The molecule has 154 valence electrons. The average Bonchev–Trinajstić information content (AvgIpc) is 2.75. The fourth-order valence-electron chi connectivity index (χ4n) is 3.10. The van der Waals surface area contributed by atoms with Crippen molar-refractivity contribution in [3.8, 4) is 5.75 Å². The maximum atomic E-state index is 12.3. The number of amides is 2. The average molecular weight is 396 g/mol. The molecule has 2 aromatic rings. The molecule has 1 aliphatic heterocycles. The van der Waals surface area contributed by atoms with Gasteiger partial charge in [-0.15, -0.1) is 0 Å². The lowest BCUT2D eigenvalue weighted by atomic mass is 10.1. The van der Waals surface area contributed by atoms with E-state index in [1.165, 1.54) is 0 Å². The number of carbonyl (C=O) groups is 2. The molecule has 1 heterocycles. The van der Waals surface area contributed by atoms with Crippen LogP contribution in [0.5, 0.6) is 5.75 Å². The van der Waals surface area contributed by atoms with Crippen molar-refractivity contribution in [3.63, 3.8) is 0 Å². The number of anilines is 1. The molecule has 29 heavy (non-hydrogen) atoms. The molecule has 2 aromatic carbocycles. The van der Waals surface area contributed by atoms with E-state index in [-0.39, 0.29) is 18.4 Å². The summed E-state index contributed by atoms with van der Waals surface area (Å²) in [4.78, 5) is 26.3. The number of hydrogen-bond donors (Lipinski definition) is 1. The summed E-state index contributed by atoms with van der Waals surface area (Å²) in [7, 11) is 0. The van der Waals surface area contributed by atoms with Gasteiger partial charge in [-0.25, -0.2) is 0 Å². The minimum Gasteiger partial charge on any atom is -0.482 e. The highest BCUT2D eigenvalue weighted by Crippen LogP contribution is 2.32. The van der Waals surface area contributed by atoms with Crippen LogP contribution in [0.15, 0.2) is 48.5 Å². The van der Waals surface area contributed by atoms with Crippen LogP contribution in [0.25, 0.3) is 0 Å². The fourth-order valence-corrected chi connectivity index (χ4v) is 3.10. The van der Waals surface area contributed by atoms with Crippen molar-refractivity contribution in [3.05, 3.63) is 59.7 Å². The smallest absolute Gasteiger partial charge is 0.265 e. The summed E-state index contributed by atoms with van der Waals surface area (Å²) in [6.07, 6.45) is 2.99. The monoisotopic (exact) mass is 396 g/mol. The van der Waals surface area contributed by atoms with E-state index in [0.29, 0.717) is 31.0 Å². The topological polar surface area (TPSA) is 67.9 Å². The molecule has 0 bridgehead atoms. The summed E-state index contributed by atoms with van der Waals surface area (Å²) in [5.74, 6) is 0.534. The number of ether oxygens (including phenoxy) is 2. The number of para-hydroxylation sites is 2. The molecule has 0 saturated carbocycles. The fraction of sp³-hybridized carbons (Fsp3) is 0.391. The van der Waals surface area contributed by atoms with Crippen LogP contribution in [-0.2, 0) is 16.1 Å². The van der Waals surface area contributed by atoms with E-state index in [1.54, 1.807) is 17.0 Å². The van der Waals surface area contributed by atoms with E-state index in [9.17, 15) is 9.59 Å². The normalized spacial score (nSPS) is 13.0. The molecule has 6 heteroatoms. The Morgan fingerprint density at radius 1 is 1.10 bits per heavy atom. The third kappa shape index (κ3) is 5.81. The second kappa shape index (κ2) is 10.6. The van der Waals surface area contributed by atoms with Gasteiger partial charge in [0.2, 0.25) is 0 Å². The Morgan fingerprint density at radius 2 is 1.86 bits per heavy atom. The van der Waals surface area contributed by atoms with E-state index in [1.807, 2.05) is 36.4 Å². The van der Waals surface area contributed by atoms with Gasteiger partial charge in [0.15, 0.2) is 6.61 Å². The van der Waals surface area contributed by atoms with Crippen LogP contribution in [0.1, 0.15) is 42.1 Å². The van der Waals surface area contributed by atoms with E-state index >= 15 is 0 Å². The molecule has 0 aromatic heterocycles. The Balaban J connectivity index is 1.50. The van der Waals surface area contributed by atoms with Gasteiger partial charge in [-0.1, -0.05) is 37.6 Å². The SMILES string of the molecule is CCCCOCCCNC(=O)c1ccc(CN2C(=O)COc3ccccc32)cc1. The van der Waals surface area contributed by atoms with Crippen LogP contribution in [0, 0.1) is 0 Å². The first-order chi connectivity index (χ1) is 14.2. The minimum atomic E-state index is -0.0992. The third-order valence-electron chi connectivity index (χ3n) is 4.76. The first kappa shape index (κ1) is 20.9. The van der Waals surface area contributed by atoms with E-state index in [2.05, 4.69) is 12.2 Å². The maximum absolute atomic E-state index is 12.3. The summed E-state index contributed by atoms with van der Waals surface area (Å²) in [6, 6.07) is 14.9. The largest absolute Gasteiger partial charge is 0.482 e. The minimum absolute atomic E-state index is 0.0413. The quantitative estimate of drug-likeness (QED) is 0.624. The molecule has 2 amide bonds. The first-order valence-corrected chi connectivity index (χ1v) is 10.2. The second-order valence-corrected chi connectivity index (χ2v) is 7.01. The molecule has 1 N–H and O–H groups in total. The van der Waals surface area contributed by atoms with Crippen LogP contribution < -0.4 is 15.0 Å². The van der Waals surface area contributed by atoms with Crippen LogP contribution in [0.3, 0.4) is 0 Å². The Kier molecular flexibility index (Phi) is 7.64. The molecule has 1 aliphatic rings. The summed E-state index contributed by atoms with van der Waals surface area (Å²) >= 11 is 0. The van der Waals surface area contributed by atoms with Gasteiger partial charge in [0, 0.05) is 25.3 Å². The Bertz CT molecular complexity index is 820. The van der Waals surface area contributed by atoms with Crippen molar-refractivity contribution < 1.29 is 19.1 Å². The van der Waals surface area contributed by atoms with E-state index < -0.39 is 0 Å². The van der Waals surface area contributed by atoms with Gasteiger partial charge in [-0.05, 0) is 42.7 Å². The summed E-state index contributed by atoms with van der Waals surface area (Å²) in [5.41, 5.74) is 2.33. The molecule has 0 fully saturated rings. The van der Waals surface area contributed by atoms with Crippen LogP contribution in [0.4, 0.5) is 5.69 Å². The van der Waals surface area contributed by atoms with Crippen molar-refractivity contribution in [2.24, 2.45) is 0 Å². The zero-order valence-corrected chi connectivity index (χ0v) is 16.9. The molecule has 0 saturated heterocycles. The molecular weight excluding hydrogens is 368 g/mol. The van der Waals surface area contributed by atoms with Gasteiger partial charge in [0.1, 0.15) is 5.75 Å². The molecule has 0 radical (unpaired) electrons. The molecule has 3 rings (SSSR count). The number of benzene rings is 2. The number of carbonyl (C=O) groups excluding carboxylic acids is 2. The molecule has 6 nitrogen and oxygen atoms in total. The molecular formula is C23H28N2O4. The van der Waals surface area contributed by atoms with Gasteiger partial charge in [0.25, 0.3) is 11.8 Å². The predicted octanol–water partition coefficient (Wildman–Crippen LogP) is 3.55. The highest BCUT2D eigenvalue weighted by Gasteiger charge is 2.25. The van der Waals surface area contributed by atoms with Gasteiger partial charge in [-0.3, -0.25) is 9.59 Å². The standard InChI is InChI=1S/C23H28N2O4/c1-2-3-14-28-15-6-13-24-23(27)19-11-9-18(10-12-19)16-25-20-7-4-5-8-21(20)29-17-22(25)26/h4-5,7-12H,2-3,6,13-17H2,1H3,(H,24,27). The zero-order valence-electron chi connectivity index (χ0n) is 16.9. The summed E-state index contributed by atoms with van der Waals surface area (Å²) < 4.78 is 11.0. The summed E-state index contributed by atoms with van der Waals surface area (Å²) in [5, 5.41) is 2.91. The zero-order chi connectivity index (χ0) is 20.5. The molecule has 0 atom stereocenters.